The van der Waals surface area contributed by atoms with Crippen molar-refractivity contribution in [3.63, 3.8) is 0 Å². The Hall–Kier alpha value is -1.59. The summed E-state index contributed by atoms with van der Waals surface area (Å²) in [6.45, 7) is 4.99. The highest BCUT2D eigenvalue weighted by molar-refractivity contribution is 5.85. The first-order chi connectivity index (χ1) is 12.9. The van der Waals surface area contributed by atoms with E-state index in [0.717, 1.165) is 31.4 Å². The van der Waals surface area contributed by atoms with E-state index in [4.69, 9.17) is 9.47 Å². The van der Waals surface area contributed by atoms with Crippen LogP contribution in [0.1, 0.15) is 50.7 Å². The number of likely N-dealkylation sites (tertiary alicyclic amines) is 1. The summed E-state index contributed by atoms with van der Waals surface area (Å²) in [5, 5.41) is 10.3. The van der Waals surface area contributed by atoms with Crippen molar-refractivity contribution in [3.05, 3.63) is 29.3 Å². The largest absolute Gasteiger partial charge is 0.478 e. The van der Waals surface area contributed by atoms with Crippen molar-refractivity contribution in [2.45, 2.75) is 70.2 Å². The van der Waals surface area contributed by atoms with Gasteiger partial charge in [-0.15, -0.1) is 0 Å². The molecule has 5 nitrogen and oxygen atoms in total. The number of ether oxygens (including phenoxy) is 2. The number of methoxy groups -OCH3 is 1. The van der Waals surface area contributed by atoms with Gasteiger partial charge < -0.3 is 19.5 Å². The molecule has 1 aliphatic heterocycles. The molecule has 1 saturated heterocycles. The number of carbonyl (C=O) groups is 1. The van der Waals surface area contributed by atoms with Gasteiger partial charge >= 0.3 is 0 Å². The average molecular weight is 373 g/mol. The fraction of sp³-hybridized carbons (Fsp3) is 0.682. The lowest BCUT2D eigenvalue weighted by Gasteiger charge is -2.56. The van der Waals surface area contributed by atoms with Crippen LogP contribution in [0, 0.1) is 5.41 Å². The van der Waals surface area contributed by atoms with Gasteiger partial charge in [-0.2, -0.15) is 0 Å². The van der Waals surface area contributed by atoms with Gasteiger partial charge in [0, 0.05) is 32.0 Å². The fourth-order valence-corrected chi connectivity index (χ4v) is 5.17. The predicted molar refractivity (Wildman–Crippen MR) is 103 cm³/mol. The van der Waals surface area contributed by atoms with Crippen LogP contribution < -0.4 is 4.74 Å². The number of aryl methyl sites for hydroxylation is 2. The molecule has 1 heterocycles. The van der Waals surface area contributed by atoms with Gasteiger partial charge in [0.25, 0.3) is 5.91 Å². The Morgan fingerprint density at radius 3 is 2.59 bits per heavy atom. The normalized spacial score (nSPS) is 26.6. The van der Waals surface area contributed by atoms with Crippen molar-refractivity contribution in [2.24, 2.45) is 5.41 Å². The van der Waals surface area contributed by atoms with Gasteiger partial charge in [-0.05, 0) is 69.2 Å². The second kappa shape index (κ2) is 6.78. The summed E-state index contributed by atoms with van der Waals surface area (Å²) in [4.78, 5) is 15.0. The minimum atomic E-state index is -0.907. The third-order valence-corrected chi connectivity index (χ3v) is 6.97. The number of aliphatic hydroxyl groups is 1. The molecule has 0 unspecified atom stereocenters. The summed E-state index contributed by atoms with van der Waals surface area (Å²) in [6.07, 6.45) is 5.51. The molecule has 148 valence electrons. The number of amides is 1. The fourth-order valence-electron chi connectivity index (χ4n) is 5.17. The topological polar surface area (TPSA) is 59.0 Å². The number of benzene rings is 1. The van der Waals surface area contributed by atoms with Crippen molar-refractivity contribution in [1.82, 2.24) is 4.90 Å². The van der Waals surface area contributed by atoms with E-state index in [2.05, 4.69) is 12.1 Å². The molecular formula is C22H31NO4. The first kappa shape index (κ1) is 18.8. The highest BCUT2D eigenvalue weighted by Gasteiger charge is 2.56. The van der Waals surface area contributed by atoms with E-state index in [-0.39, 0.29) is 23.5 Å². The molecule has 5 heteroatoms. The second-order valence-electron chi connectivity index (χ2n) is 8.90. The molecule has 3 aliphatic rings. The van der Waals surface area contributed by atoms with Gasteiger partial charge in [0.1, 0.15) is 5.75 Å². The Labute approximate surface area is 161 Å². The molecule has 0 radical (unpaired) electrons. The quantitative estimate of drug-likeness (QED) is 0.882. The maximum atomic E-state index is 13.1. The Bertz CT molecular complexity index is 721. The summed E-state index contributed by atoms with van der Waals surface area (Å²) < 4.78 is 11.7. The summed E-state index contributed by atoms with van der Waals surface area (Å²) >= 11 is 0. The van der Waals surface area contributed by atoms with Gasteiger partial charge in [-0.1, -0.05) is 6.07 Å². The van der Waals surface area contributed by atoms with E-state index in [1.807, 2.05) is 24.8 Å². The Morgan fingerprint density at radius 2 is 1.93 bits per heavy atom. The third kappa shape index (κ3) is 3.15. The molecule has 1 aromatic carbocycles. The lowest BCUT2D eigenvalue weighted by atomic mass is 9.58. The molecule has 0 bridgehead atoms. The van der Waals surface area contributed by atoms with E-state index >= 15 is 0 Å². The second-order valence-corrected chi connectivity index (χ2v) is 8.90. The van der Waals surface area contributed by atoms with Crippen molar-refractivity contribution < 1.29 is 19.4 Å². The number of hydrogen-bond acceptors (Lipinski definition) is 4. The first-order valence-electron chi connectivity index (χ1n) is 10.2. The van der Waals surface area contributed by atoms with Gasteiger partial charge in [0.15, 0.2) is 5.60 Å². The number of hydrogen-bond donors (Lipinski definition) is 1. The van der Waals surface area contributed by atoms with Gasteiger partial charge in [-0.3, -0.25) is 4.79 Å². The molecule has 4 rings (SSSR count). The van der Waals surface area contributed by atoms with Crippen molar-refractivity contribution >= 4 is 5.91 Å². The summed E-state index contributed by atoms with van der Waals surface area (Å²) in [6, 6.07) is 6.21. The van der Waals surface area contributed by atoms with Crippen LogP contribution in [0.25, 0.3) is 0 Å². The Morgan fingerprint density at radius 1 is 1.22 bits per heavy atom. The highest BCUT2D eigenvalue weighted by Crippen LogP contribution is 2.50. The number of nitrogens with zero attached hydrogens (tertiary/aromatic N) is 1. The number of fused-ring (bicyclic) bond motifs is 1. The van der Waals surface area contributed by atoms with Crippen LogP contribution in [0.2, 0.25) is 0 Å². The SMILES string of the molecule is CO[C@@H]1C[C@H](O)C12CCN(C(=O)C(C)(C)Oc1ccc3c(c1)CCC3)CC2. The van der Waals surface area contributed by atoms with Crippen LogP contribution in [0.3, 0.4) is 0 Å². The third-order valence-electron chi connectivity index (χ3n) is 6.97. The summed E-state index contributed by atoms with van der Waals surface area (Å²) in [7, 11) is 1.71. The maximum Gasteiger partial charge on any atom is 0.266 e. The number of aliphatic hydroxyl groups excluding tert-OH is 1. The van der Waals surface area contributed by atoms with E-state index in [1.54, 1.807) is 7.11 Å². The van der Waals surface area contributed by atoms with E-state index in [9.17, 15) is 9.90 Å². The minimum Gasteiger partial charge on any atom is -0.478 e. The van der Waals surface area contributed by atoms with E-state index in [1.165, 1.54) is 17.5 Å². The van der Waals surface area contributed by atoms with Gasteiger partial charge in [0.05, 0.1) is 12.2 Å². The predicted octanol–water partition coefficient (Wildman–Crippen LogP) is 2.72. The lowest BCUT2D eigenvalue weighted by Crippen LogP contribution is -2.63. The van der Waals surface area contributed by atoms with Crippen LogP contribution in [0.4, 0.5) is 0 Å². The standard InChI is InChI=1S/C22H31NO4/c1-21(2,27-17-8-7-15-5-4-6-16(15)13-17)20(25)23-11-9-22(10-12-23)18(24)14-19(22)26-3/h7-8,13,18-19,24H,4-6,9-12,14H2,1-3H3/t18-,19+/m0/s1. The number of rotatable bonds is 4. The summed E-state index contributed by atoms with van der Waals surface area (Å²) in [5.41, 5.74) is 1.67. The molecule has 0 aromatic heterocycles. The molecular weight excluding hydrogens is 342 g/mol. The smallest absolute Gasteiger partial charge is 0.266 e. The zero-order chi connectivity index (χ0) is 19.2. The zero-order valence-electron chi connectivity index (χ0n) is 16.7. The van der Waals surface area contributed by atoms with Crippen molar-refractivity contribution in [1.29, 1.82) is 0 Å². The summed E-state index contributed by atoms with van der Waals surface area (Å²) in [5.74, 6) is 0.789. The van der Waals surface area contributed by atoms with Gasteiger partial charge in [-0.25, -0.2) is 0 Å². The molecule has 2 atom stereocenters. The van der Waals surface area contributed by atoms with Crippen molar-refractivity contribution in [2.75, 3.05) is 20.2 Å². The molecule has 2 aliphatic carbocycles. The van der Waals surface area contributed by atoms with Gasteiger partial charge in [0.2, 0.25) is 0 Å². The maximum absolute atomic E-state index is 13.1. The molecule has 2 fully saturated rings. The van der Waals surface area contributed by atoms with Crippen LogP contribution in [0.15, 0.2) is 18.2 Å². The molecule has 1 N–H and O–H groups in total. The molecule has 1 amide bonds. The highest BCUT2D eigenvalue weighted by atomic mass is 16.5. The number of carbonyl (C=O) groups excluding carboxylic acids is 1. The zero-order valence-corrected chi connectivity index (χ0v) is 16.7. The monoisotopic (exact) mass is 373 g/mol. The molecule has 27 heavy (non-hydrogen) atoms. The van der Waals surface area contributed by atoms with Crippen LogP contribution >= 0.6 is 0 Å². The molecule has 1 aromatic rings. The Balaban J connectivity index is 1.40. The number of piperidine rings is 1. The lowest BCUT2D eigenvalue weighted by molar-refractivity contribution is -0.204. The molecule has 1 saturated carbocycles. The van der Waals surface area contributed by atoms with Crippen LogP contribution in [-0.2, 0) is 22.4 Å². The first-order valence-corrected chi connectivity index (χ1v) is 10.2. The minimum absolute atomic E-state index is 0.0145. The van der Waals surface area contributed by atoms with E-state index < -0.39 is 5.60 Å². The van der Waals surface area contributed by atoms with Crippen molar-refractivity contribution in [3.8, 4) is 5.75 Å². The van der Waals surface area contributed by atoms with Crippen LogP contribution in [-0.4, -0.2) is 53.9 Å². The van der Waals surface area contributed by atoms with Crippen LogP contribution in [0.5, 0.6) is 5.75 Å². The molecule has 1 spiro atoms. The Kier molecular flexibility index (Phi) is 4.71. The van der Waals surface area contributed by atoms with E-state index in [0.29, 0.717) is 19.5 Å². The average Bonchev–Trinajstić information content (AvgIpc) is 3.12.